The van der Waals surface area contributed by atoms with Gasteiger partial charge >= 0.3 is 0 Å². The van der Waals surface area contributed by atoms with E-state index in [1.54, 1.807) is 18.3 Å². The summed E-state index contributed by atoms with van der Waals surface area (Å²) in [5, 5.41) is 0. The minimum atomic E-state index is -0.212. The molecule has 3 rings (SSSR count). The van der Waals surface area contributed by atoms with Crippen molar-refractivity contribution in [2.24, 2.45) is 0 Å². The Balaban J connectivity index is 1.70. The third-order valence-corrected chi connectivity index (χ3v) is 4.70. The summed E-state index contributed by atoms with van der Waals surface area (Å²) in [7, 11) is 4.37. The number of likely N-dealkylation sites (tertiary alicyclic amines) is 1. The second-order valence-corrected chi connectivity index (χ2v) is 6.54. The summed E-state index contributed by atoms with van der Waals surface area (Å²) >= 11 is 0. The third kappa shape index (κ3) is 4.15. The normalized spacial score (nSPS) is 16.9. The summed E-state index contributed by atoms with van der Waals surface area (Å²) in [4.78, 5) is 9.15. The Morgan fingerprint density at radius 1 is 1.17 bits per heavy atom. The van der Waals surface area contributed by atoms with Crippen LogP contribution in [0.25, 0.3) is 11.1 Å². The second-order valence-electron chi connectivity index (χ2n) is 6.54. The van der Waals surface area contributed by atoms with Gasteiger partial charge in [-0.05, 0) is 69.4 Å². The van der Waals surface area contributed by atoms with E-state index in [0.29, 0.717) is 6.04 Å². The average Bonchev–Trinajstić information content (AvgIpc) is 2.56. The van der Waals surface area contributed by atoms with Crippen molar-refractivity contribution in [3.05, 3.63) is 54.1 Å². The Labute approximate surface area is 137 Å². The highest BCUT2D eigenvalue weighted by Crippen LogP contribution is 2.22. The number of rotatable bonds is 4. The SMILES string of the molecule is CN1CCC(N(C)Cc2cncc(-c3cccc(F)c3)c2)CC1. The Morgan fingerprint density at radius 3 is 2.70 bits per heavy atom. The van der Waals surface area contributed by atoms with Crippen LogP contribution in [0.2, 0.25) is 0 Å². The van der Waals surface area contributed by atoms with Crippen molar-refractivity contribution in [1.29, 1.82) is 0 Å². The van der Waals surface area contributed by atoms with Crippen LogP contribution in [-0.4, -0.2) is 48.0 Å². The second kappa shape index (κ2) is 7.20. The van der Waals surface area contributed by atoms with E-state index in [0.717, 1.165) is 30.8 Å². The molecule has 4 heteroatoms. The van der Waals surface area contributed by atoms with Crippen LogP contribution < -0.4 is 0 Å². The van der Waals surface area contributed by atoms with Crippen LogP contribution in [-0.2, 0) is 6.54 Å². The first-order valence-corrected chi connectivity index (χ1v) is 8.20. The van der Waals surface area contributed by atoms with Gasteiger partial charge in [0.2, 0.25) is 0 Å². The molecule has 0 atom stereocenters. The summed E-state index contributed by atoms with van der Waals surface area (Å²) in [6.07, 6.45) is 6.14. The largest absolute Gasteiger partial charge is 0.306 e. The number of hydrogen-bond acceptors (Lipinski definition) is 3. The van der Waals surface area contributed by atoms with Crippen molar-refractivity contribution in [3.8, 4) is 11.1 Å². The molecule has 0 saturated carbocycles. The van der Waals surface area contributed by atoms with E-state index in [2.05, 4.69) is 34.9 Å². The molecule has 0 aliphatic carbocycles. The smallest absolute Gasteiger partial charge is 0.123 e. The average molecular weight is 313 g/mol. The molecular weight excluding hydrogens is 289 g/mol. The molecule has 122 valence electrons. The number of benzene rings is 1. The molecule has 1 aromatic carbocycles. The van der Waals surface area contributed by atoms with Crippen LogP contribution in [0.15, 0.2) is 42.7 Å². The van der Waals surface area contributed by atoms with Crippen LogP contribution in [0, 0.1) is 5.82 Å². The van der Waals surface area contributed by atoms with Gasteiger partial charge < -0.3 is 4.90 Å². The maximum absolute atomic E-state index is 13.4. The Kier molecular flexibility index (Phi) is 5.03. The Bertz CT molecular complexity index is 651. The summed E-state index contributed by atoms with van der Waals surface area (Å²) in [6.45, 7) is 3.21. The minimum absolute atomic E-state index is 0.212. The molecule has 1 aliphatic rings. The molecule has 2 aromatic rings. The van der Waals surface area contributed by atoms with Crippen LogP contribution in [0.3, 0.4) is 0 Å². The summed E-state index contributed by atoms with van der Waals surface area (Å²) < 4.78 is 13.4. The van der Waals surface area contributed by atoms with Crippen LogP contribution >= 0.6 is 0 Å². The highest BCUT2D eigenvalue weighted by molar-refractivity contribution is 5.62. The van der Waals surface area contributed by atoms with Gasteiger partial charge in [-0.2, -0.15) is 0 Å². The summed E-state index contributed by atoms with van der Waals surface area (Å²) in [5.41, 5.74) is 3.02. The topological polar surface area (TPSA) is 19.4 Å². The van der Waals surface area contributed by atoms with Crippen LogP contribution in [0.4, 0.5) is 4.39 Å². The zero-order valence-corrected chi connectivity index (χ0v) is 13.9. The first-order valence-electron chi connectivity index (χ1n) is 8.20. The first-order chi connectivity index (χ1) is 11.1. The van der Waals surface area contributed by atoms with Gasteiger partial charge in [0.25, 0.3) is 0 Å². The lowest BCUT2D eigenvalue weighted by Gasteiger charge is -2.35. The summed E-state index contributed by atoms with van der Waals surface area (Å²) in [5.74, 6) is -0.212. The third-order valence-electron chi connectivity index (χ3n) is 4.70. The van der Waals surface area contributed by atoms with E-state index in [9.17, 15) is 4.39 Å². The zero-order valence-electron chi connectivity index (χ0n) is 13.9. The first kappa shape index (κ1) is 16.1. The number of halogens is 1. The number of hydrogen-bond donors (Lipinski definition) is 0. The molecular formula is C19H24FN3. The zero-order chi connectivity index (χ0) is 16.2. The predicted octanol–water partition coefficient (Wildman–Crippen LogP) is 3.41. The van der Waals surface area contributed by atoms with Gasteiger partial charge in [0.05, 0.1) is 0 Å². The van der Waals surface area contributed by atoms with Crippen molar-refractivity contribution in [1.82, 2.24) is 14.8 Å². The molecule has 0 N–H and O–H groups in total. The molecule has 1 aromatic heterocycles. The van der Waals surface area contributed by atoms with Crippen molar-refractivity contribution in [2.75, 3.05) is 27.2 Å². The van der Waals surface area contributed by atoms with Gasteiger partial charge in [-0.1, -0.05) is 12.1 Å². The van der Waals surface area contributed by atoms with Crippen LogP contribution in [0.5, 0.6) is 0 Å². The van der Waals surface area contributed by atoms with Gasteiger partial charge in [-0.25, -0.2) is 4.39 Å². The van der Waals surface area contributed by atoms with Crippen molar-refractivity contribution < 1.29 is 4.39 Å². The van der Waals surface area contributed by atoms with Crippen molar-refractivity contribution >= 4 is 0 Å². The molecule has 1 fully saturated rings. The maximum Gasteiger partial charge on any atom is 0.123 e. The predicted molar refractivity (Wildman–Crippen MR) is 91.6 cm³/mol. The Morgan fingerprint density at radius 2 is 1.96 bits per heavy atom. The molecule has 0 amide bonds. The fourth-order valence-corrected chi connectivity index (χ4v) is 3.25. The summed E-state index contributed by atoms with van der Waals surface area (Å²) in [6, 6.07) is 9.43. The standard InChI is InChI=1S/C19H24FN3/c1-22-8-6-19(7-9-22)23(2)14-15-10-17(13-21-12-15)16-4-3-5-18(20)11-16/h3-5,10-13,19H,6-9,14H2,1-2H3. The van der Waals surface area contributed by atoms with Crippen molar-refractivity contribution in [3.63, 3.8) is 0 Å². The number of nitrogens with zero attached hydrogens (tertiary/aromatic N) is 3. The number of aromatic nitrogens is 1. The fraction of sp³-hybridized carbons (Fsp3) is 0.421. The molecule has 23 heavy (non-hydrogen) atoms. The molecule has 0 spiro atoms. The van der Waals surface area contributed by atoms with Gasteiger partial charge in [-0.3, -0.25) is 9.88 Å². The fourth-order valence-electron chi connectivity index (χ4n) is 3.25. The van der Waals surface area contributed by atoms with Crippen molar-refractivity contribution in [2.45, 2.75) is 25.4 Å². The molecule has 3 nitrogen and oxygen atoms in total. The van der Waals surface area contributed by atoms with Crippen LogP contribution in [0.1, 0.15) is 18.4 Å². The van der Waals surface area contributed by atoms with E-state index >= 15 is 0 Å². The maximum atomic E-state index is 13.4. The lowest BCUT2D eigenvalue weighted by Crippen LogP contribution is -2.41. The minimum Gasteiger partial charge on any atom is -0.306 e. The lowest BCUT2D eigenvalue weighted by molar-refractivity contribution is 0.139. The highest BCUT2D eigenvalue weighted by Gasteiger charge is 2.20. The van der Waals surface area contributed by atoms with Gasteiger partial charge in [0.15, 0.2) is 0 Å². The molecule has 1 saturated heterocycles. The van der Waals surface area contributed by atoms with Gasteiger partial charge in [0, 0.05) is 30.5 Å². The number of piperidine rings is 1. The lowest BCUT2D eigenvalue weighted by atomic mass is 10.0. The molecule has 2 heterocycles. The quantitative estimate of drug-likeness (QED) is 0.862. The van der Waals surface area contributed by atoms with Gasteiger partial charge in [-0.15, -0.1) is 0 Å². The monoisotopic (exact) mass is 313 g/mol. The molecule has 1 aliphatic heterocycles. The van der Waals surface area contributed by atoms with E-state index in [1.807, 2.05) is 12.3 Å². The molecule has 0 bridgehead atoms. The Hall–Kier alpha value is -1.78. The van der Waals surface area contributed by atoms with Gasteiger partial charge in [0.1, 0.15) is 5.82 Å². The molecule has 0 unspecified atom stereocenters. The van der Waals surface area contributed by atoms with E-state index in [4.69, 9.17) is 0 Å². The van der Waals surface area contributed by atoms with E-state index < -0.39 is 0 Å². The van der Waals surface area contributed by atoms with E-state index in [-0.39, 0.29) is 5.82 Å². The molecule has 0 radical (unpaired) electrons. The highest BCUT2D eigenvalue weighted by atomic mass is 19.1. The number of pyridine rings is 1. The van der Waals surface area contributed by atoms with E-state index in [1.165, 1.54) is 24.5 Å².